The van der Waals surface area contributed by atoms with Crippen molar-refractivity contribution in [1.82, 2.24) is 9.88 Å². The Morgan fingerprint density at radius 3 is 2.32 bits per heavy atom. The summed E-state index contributed by atoms with van der Waals surface area (Å²) in [5, 5.41) is 47.7. The summed E-state index contributed by atoms with van der Waals surface area (Å²) in [5.41, 5.74) is 0.522. The van der Waals surface area contributed by atoms with E-state index in [2.05, 4.69) is 65.3 Å². The lowest BCUT2D eigenvalue weighted by molar-refractivity contribution is -0.301. The fourth-order valence-corrected chi connectivity index (χ4v) is 12.9. The van der Waals surface area contributed by atoms with Crippen molar-refractivity contribution in [3.05, 3.63) is 65.9 Å². The number of carbonyl (C=O) groups excluding carboxylic acids is 2. The van der Waals surface area contributed by atoms with Crippen LogP contribution in [0.2, 0.25) is 0 Å². The maximum Gasteiger partial charge on any atom is 0.311 e. The van der Waals surface area contributed by atoms with Crippen LogP contribution < -0.4 is 9.64 Å². The molecule has 4 aliphatic rings. The van der Waals surface area contributed by atoms with E-state index in [4.69, 9.17) is 42.9 Å². The molecular weight excluding hydrogens is 987 g/mol. The topological polar surface area (TPSA) is 208 Å². The fourth-order valence-electron chi connectivity index (χ4n) is 12.9. The number of ether oxygens (including phenoxy) is 8. The second-order valence-electron chi connectivity index (χ2n) is 23.6. The zero-order valence-electron chi connectivity index (χ0n) is 48.2. The van der Waals surface area contributed by atoms with E-state index in [1.165, 1.54) is 38.0 Å². The van der Waals surface area contributed by atoms with E-state index >= 15 is 0 Å². The number of nitrogens with zero attached hydrogens (tertiary/aromatic N) is 3. The summed E-state index contributed by atoms with van der Waals surface area (Å²) in [4.78, 5) is 38.1. The third-order valence-electron chi connectivity index (χ3n) is 18.0. The number of cyclic esters (lactones) is 1. The highest BCUT2D eigenvalue weighted by atomic mass is 16.7. The Kier molecular flexibility index (Phi) is 20.0. The van der Waals surface area contributed by atoms with Gasteiger partial charge in [0.1, 0.15) is 35.4 Å². The number of hydrogen-bond donors (Lipinski definition) is 4. The van der Waals surface area contributed by atoms with Crippen molar-refractivity contribution in [2.45, 2.75) is 205 Å². The largest absolute Gasteiger partial charge is 0.492 e. The molecule has 7 rings (SSSR count). The van der Waals surface area contributed by atoms with Gasteiger partial charge in [0.25, 0.3) is 0 Å². The molecule has 2 aromatic carbocycles. The summed E-state index contributed by atoms with van der Waals surface area (Å²) in [7, 11) is 5.04. The van der Waals surface area contributed by atoms with Crippen molar-refractivity contribution in [2.24, 2.45) is 23.7 Å². The molecule has 0 amide bonds. The smallest absolute Gasteiger partial charge is 0.311 e. The zero-order chi connectivity index (χ0) is 56.3. The second kappa shape index (κ2) is 25.3. The molecule has 0 saturated carbocycles. The highest BCUT2D eigenvalue weighted by molar-refractivity contribution is 5.84. The molecule has 430 valence electrons. The van der Waals surface area contributed by atoms with E-state index in [1.54, 1.807) is 47.7 Å². The first-order valence-electron chi connectivity index (χ1n) is 28.1. The van der Waals surface area contributed by atoms with Crippen LogP contribution in [0.15, 0.2) is 54.7 Å². The van der Waals surface area contributed by atoms with Crippen LogP contribution in [0.25, 0.3) is 10.9 Å². The zero-order valence-corrected chi connectivity index (χ0v) is 48.2. The highest BCUT2D eigenvalue weighted by Crippen LogP contribution is 2.42. The van der Waals surface area contributed by atoms with Gasteiger partial charge in [-0.15, -0.1) is 0 Å². The Bertz CT molecular complexity index is 2440. The molecule has 2 unspecified atom stereocenters. The standard InChI is InChI=1S/C60H91N3O14/c1-15-49-60(11,69)54(66)36(4)51(64)34(2)30-59(10,71-14)56(37(5)53(38(6)57(68)76-49)77-50-31-58(9,70-13)55(67)40(8)75-50)73-33-48-52(65)47(27-35(3)74-48)62(12)24-18-26-72-44-29-43-28-42(21-22-45(43)61-32-44)39(7)63-25-23-41-19-16-17-20-46(41)63/h16-17,19-22,28-29,32,34-40,47-50,52-56,65-67,69H,15,18,23-27,30-31,33H2,1-14H3/t34-,35-,36+,37+,38-,39-,40+,47+,48+,49-,50?,52?,53+,54-,55+,56-,58-,59-,60-/m1/s1. The maximum atomic E-state index is 14.5. The third kappa shape index (κ3) is 13.2. The van der Waals surface area contributed by atoms with E-state index in [-0.39, 0.29) is 49.8 Å². The van der Waals surface area contributed by atoms with Crippen LogP contribution in [-0.4, -0.2) is 174 Å². The number of methoxy groups -OCH3 is 2. The Balaban J connectivity index is 1.07. The molecule has 4 aliphatic heterocycles. The summed E-state index contributed by atoms with van der Waals surface area (Å²) in [6, 6.07) is 17.0. The van der Waals surface area contributed by atoms with Crippen LogP contribution in [0, 0.1) is 23.7 Å². The molecule has 5 heterocycles. The van der Waals surface area contributed by atoms with Crippen LogP contribution in [0.4, 0.5) is 5.69 Å². The van der Waals surface area contributed by atoms with E-state index in [0.717, 1.165) is 23.9 Å². The van der Waals surface area contributed by atoms with Crippen molar-refractivity contribution >= 4 is 28.3 Å². The summed E-state index contributed by atoms with van der Waals surface area (Å²) in [6.07, 6.45) is -4.86. The number of esters is 1. The molecule has 3 aromatic rings. The molecule has 4 N–H and O–H groups in total. The van der Waals surface area contributed by atoms with Gasteiger partial charge in [-0.3, -0.25) is 14.6 Å². The molecule has 0 spiro atoms. The SMILES string of the molecule is CC[C@H]1OC(=O)[C@H](C)[C@@H](OC2C[C@@](C)(OC)[C@@H](O)[C@H](C)O2)[C@H](C)[C@@H](OC[C@@H]2O[C@H](C)C[C@H](N(C)CCCOc3cnc4ccc([C@@H](C)N5CCc6ccccc65)cc4c3)C2O)[C@](C)(OC)C[C@@H](C)C(=O)[C@H](C)[C@@H](O)[C@]1(C)O. The van der Waals surface area contributed by atoms with Crippen molar-refractivity contribution < 1.29 is 67.9 Å². The van der Waals surface area contributed by atoms with Gasteiger partial charge < -0.3 is 68.1 Å². The molecule has 17 heteroatoms. The van der Waals surface area contributed by atoms with Crippen LogP contribution >= 0.6 is 0 Å². The molecule has 1 aromatic heterocycles. The molecule has 3 saturated heterocycles. The predicted octanol–water partition coefficient (Wildman–Crippen LogP) is 6.99. The quantitative estimate of drug-likeness (QED) is 0.0842. The number of pyridine rings is 1. The summed E-state index contributed by atoms with van der Waals surface area (Å²) >= 11 is 0. The third-order valence-corrected chi connectivity index (χ3v) is 18.0. The Morgan fingerprint density at radius 1 is 0.909 bits per heavy atom. The minimum atomic E-state index is -1.99. The van der Waals surface area contributed by atoms with Gasteiger partial charge in [0.15, 0.2) is 6.29 Å². The number of aliphatic hydroxyl groups excluding tert-OH is 3. The maximum absolute atomic E-state index is 14.5. The number of aliphatic hydroxyl groups is 4. The van der Waals surface area contributed by atoms with Crippen LogP contribution in [0.3, 0.4) is 0 Å². The van der Waals surface area contributed by atoms with Crippen molar-refractivity contribution in [2.75, 3.05) is 52.5 Å². The summed E-state index contributed by atoms with van der Waals surface area (Å²) in [6.45, 7) is 21.5. The average Bonchev–Trinajstić information content (AvgIpc) is 3.85. The van der Waals surface area contributed by atoms with Crippen molar-refractivity contribution in [3.8, 4) is 5.75 Å². The Labute approximate surface area is 457 Å². The van der Waals surface area contributed by atoms with Crippen LogP contribution in [-0.2, 0) is 49.2 Å². The molecule has 17 nitrogen and oxygen atoms in total. The average molecular weight is 1080 g/mol. The molecular formula is C60H91N3O14. The molecule has 0 bridgehead atoms. The number of Topliss-reactive ketones (excluding diaryl/α,β-unsaturated/α-hetero) is 1. The van der Waals surface area contributed by atoms with Crippen LogP contribution in [0.5, 0.6) is 5.75 Å². The number of carbonyl (C=O) groups is 2. The number of hydrogen-bond acceptors (Lipinski definition) is 17. The number of para-hydroxylation sites is 1. The number of ketones is 1. The van der Waals surface area contributed by atoms with Gasteiger partial charge >= 0.3 is 5.97 Å². The first-order chi connectivity index (χ1) is 36.4. The predicted molar refractivity (Wildman–Crippen MR) is 293 cm³/mol. The first-order valence-corrected chi connectivity index (χ1v) is 28.1. The summed E-state index contributed by atoms with van der Waals surface area (Å²) < 4.78 is 51.1. The molecule has 19 atom stereocenters. The van der Waals surface area contributed by atoms with Gasteiger partial charge in [0, 0.05) is 68.6 Å². The number of likely N-dealkylation sites (N-methyl/N-ethyl adjacent to an activating group) is 1. The molecule has 77 heavy (non-hydrogen) atoms. The monoisotopic (exact) mass is 1080 g/mol. The van der Waals surface area contributed by atoms with Crippen molar-refractivity contribution in [3.63, 3.8) is 0 Å². The normalized spacial score (nSPS) is 38.1. The number of benzene rings is 2. The van der Waals surface area contributed by atoms with Gasteiger partial charge in [-0.1, -0.05) is 52.0 Å². The molecule has 0 aliphatic carbocycles. The van der Waals surface area contributed by atoms with Gasteiger partial charge in [-0.2, -0.15) is 0 Å². The lowest BCUT2D eigenvalue weighted by atomic mass is 9.74. The molecule has 0 radical (unpaired) electrons. The van der Waals surface area contributed by atoms with E-state index in [1.807, 2.05) is 27.8 Å². The highest BCUT2D eigenvalue weighted by Gasteiger charge is 2.53. The Hall–Kier alpha value is -3.85. The van der Waals surface area contributed by atoms with E-state index < -0.39 is 102 Å². The van der Waals surface area contributed by atoms with Crippen molar-refractivity contribution in [1.29, 1.82) is 0 Å². The lowest BCUT2D eigenvalue weighted by Gasteiger charge is -2.48. The second-order valence-corrected chi connectivity index (χ2v) is 23.6. The Morgan fingerprint density at radius 2 is 1.62 bits per heavy atom. The molecule has 3 fully saturated rings. The van der Waals surface area contributed by atoms with Gasteiger partial charge in [-0.25, -0.2) is 0 Å². The van der Waals surface area contributed by atoms with Gasteiger partial charge in [-0.05, 0) is 123 Å². The van der Waals surface area contributed by atoms with Gasteiger partial charge in [0.05, 0.1) is 84.7 Å². The number of rotatable bonds is 16. The number of fused-ring (bicyclic) bond motifs is 2. The first kappa shape index (κ1) is 60.8. The number of anilines is 1. The number of aromatic nitrogens is 1. The lowest BCUT2D eigenvalue weighted by Crippen LogP contribution is -2.60. The van der Waals surface area contributed by atoms with Gasteiger partial charge in [0.2, 0.25) is 0 Å². The van der Waals surface area contributed by atoms with E-state index in [0.29, 0.717) is 31.7 Å². The van der Waals surface area contributed by atoms with E-state index in [9.17, 15) is 30.0 Å². The van der Waals surface area contributed by atoms with Crippen LogP contribution in [0.1, 0.15) is 125 Å². The minimum absolute atomic E-state index is 0.0810. The fraction of sp³-hybridized carbons (Fsp3) is 0.717. The summed E-state index contributed by atoms with van der Waals surface area (Å²) in [5.74, 6) is -3.80. The minimum Gasteiger partial charge on any atom is -0.492 e.